The van der Waals surface area contributed by atoms with E-state index >= 15 is 0 Å². The number of halogens is 1. The van der Waals surface area contributed by atoms with Gasteiger partial charge in [0.15, 0.2) is 0 Å². The second kappa shape index (κ2) is 8.73. The molecule has 0 amide bonds. The smallest absolute Gasteiger partial charge is 0.301 e. The number of nitrogens with one attached hydrogen (secondary N) is 2. The van der Waals surface area contributed by atoms with E-state index in [9.17, 15) is 8.42 Å². The normalized spacial score (nSPS) is 11.9. The van der Waals surface area contributed by atoms with E-state index < -0.39 is 10.2 Å². The molecular formula is C14H24BrN3O2S. The molecule has 1 rings (SSSR count). The van der Waals surface area contributed by atoms with Gasteiger partial charge in [0, 0.05) is 18.1 Å². The van der Waals surface area contributed by atoms with E-state index in [1.54, 1.807) is 13.1 Å². The highest BCUT2D eigenvalue weighted by Gasteiger charge is 2.17. The predicted octanol–water partition coefficient (Wildman–Crippen LogP) is 2.74. The first kappa shape index (κ1) is 18.4. The maximum absolute atomic E-state index is 12.2. The zero-order valence-electron chi connectivity index (χ0n) is 12.8. The van der Waals surface area contributed by atoms with Gasteiger partial charge in [-0.1, -0.05) is 22.9 Å². The molecule has 0 radical (unpaired) electrons. The average molecular weight is 378 g/mol. The van der Waals surface area contributed by atoms with Crippen LogP contribution in [-0.2, 0) is 10.2 Å². The molecule has 0 atom stereocenters. The minimum Gasteiger partial charge on any atom is -0.317 e. The predicted molar refractivity (Wildman–Crippen MR) is 91.8 cm³/mol. The van der Waals surface area contributed by atoms with Gasteiger partial charge < -0.3 is 5.32 Å². The molecule has 0 aliphatic carbocycles. The zero-order chi connectivity index (χ0) is 15.9. The van der Waals surface area contributed by atoms with Crippen molar-refractivity contribution >= 4 is 31.8 Å². The number of rotatable bonds is 9. The molecule has 0 aromatic heterocycles. The zero-order valence-corrected chi connectivity index (χ0v) is 15.2. The maximum atomic E-state index is 12.2. The lowest BCUT2D eigenvalue weighted by molar-refractivity contribution is 0.458. The number of hydrogen-bond acceptors (Lipinski definition) is 3. The third-order valence-corrected chi connectivity index (χ3v) is 5.07. The van der Waals surface area contributed by atoms with Gasteiger partial charge in [0.25, 0.3) is 0 Å². The van der Waals surface area contributed by atoms with Crippen LogP contribution in [0.15, 0.2) is 22.7 Å². The molecule has 21 heavy (non-hydrogen) atoms. The van der Waals surface area contributed by atoms with Crippen LogP contribution in [-0.4, -0.2) is 39.4 Å². The van der Waals surface area contributed by atoms with Crippen molar-refractivity contribution in [1.29, 1.82) is 0 Å². The minimum atomic E-state index is -3.50. The quantitative estimate of drug-likeness (QED) is 0.650. The Morgan fingerprint density at radius 1 is 1.29 bits per heavy atom. The molecule has 0 saturated carbocycles. The Hall–Kier alpha value is -0.630. The Labute approximate surface area is 136 Å². The molecule has 7 heteroatoms. The molecule has 0 fully saturated rings. The van der Waals surface area contributed by atoms with Crippen LogP contribution in [0.1, 0.15) is 25.3 Å². The lowest BCUT2D eigenvalue weighted by atomic mass is 10.2. The number of nitrogens with zero attached hydrogens (tertiary/aromatic N) is 1. The number of anilines is 1. The molecular weight excluding hydrogens is 354 g/mol. The molecule has 120 valence electrons. The fourth-order valence-corrected chi connectivity index (χ4v) is 3.31. The van der Waals surface area contributed by atoms with E-state index in [2.05, 4.69) is 32.9 Å². The molecule has 0 saturated heterocycles. The average Bonchev–Trinajstić information content (AvgIpc) is 2.41. The summed E-state index contributed by atoms with van der Waals surface area (Å²) in [5.74, 6) is 0. The van der Waals surface area contributed by atoms with Crippen LogP contribution >= 0.6 is 15.9 Å². The van der Waals surface area contributed by atoms with Crippen LogP contribution in [0.25, 0.3) is 0 Å². The molecule has 1 aromatic rings. The van der Waals surface area contributed by atoms with Crippen molar-refractivity contribution < 1.29 is 8.42 Å². The summed E-state index contributed by atoms with van der Waals surface area (Å²) in [4.78, 5) is 0. The maximum Gasteiger partial charge on any atom is 0.301 e. The molecule has 0 bridgehead atoms. The Bertz CT molecular complexity index is 549. The fraction of sp³-hybridized carbons (Fsp3) is 0.571. The lowest BCUT2D eigenvalue weighted by Gasteiger charge is -2.19. The van der Waals surface area contributed by atoms with E-state index in [1.807, 2.05) is 19.1 Å². The molecule has 0 heterocycles. The van der Waals surface area contributed by atoms with Gasteiger partial charge in [-0.25, -0.2) is 0 Å². The van der Waals surface area contributed by atoms with Gasteiger partial charge in [0.2, 0.25) is 0 Å². The Morgan fingerprint density at radius 3 is 2.62 bits per heavy atom. The van der Waals surface area contributed by atoms with Crippen molar-refractivity contribution in [3.05, 3.63) is 28.2 Å². The molecule has 1 aromatic carbocycles. The van der Waals surface area contributed by atoms with E-state index in [4.69, 9.17) is 0 Å². The van der Waals surface area contributed by atoms with Gasteiger partial charge in [-0.2, -0.15) is 12.7 Å². The van der Waals surface area contributed by atoms with Crippen LogP contribution in [0.2, 0.25) is 0 Å². The Kier molecular flexibility index (Phi) is 7.65. The minimum absolute atomic E-state index is 0.488. The monoisotopic (exact) mass is 377 g/mol. The van der Waals surface area contributed by atoms with E-state index in [1.165, 1.54) is 4.31 Å². The van der Waals surface area contributed by atoms with Crippen molar-refractivity contribution in [3.63, 3.8) is 0 Å². The van der Waals surface area contributed by atoms with Crippen LogP contribution in [0, 0.1) is 6.92 Å². The Balaban J connectivity index is 2.55. The van der Waals surface area contributed by atoms with Gasteiger partial charge in [0.05, 0.1) is 5.69 Å². The lowest BCUT2D eigenvalue weighted by Crippen LogP contribution is -2.34. The molecule has 5 nitrogen and oxygen atoms in total. The van der Waals surface area contributed by atoms with Gasteiger partial charge in [-0.05, 0) is 56.6 Å². The van der Waals surface area contributed by atoms with Crippen LogP contribution in [0.4, 0.5) is 5.69 Å². The van der Waals surface area contributed by atoms with Gasteiger partial charge in [0.1, 0.15) is 0 Å². The fourth-order valence-electron chi connectivity index (χ4n) is 1.81. The first-order chi connectivity index (χ1) is 9.86. The van der Waals surface area contributed by atoms with E-state index in [0.29, 0.717) is 12.2 Å². The molecule has 0 spiro atoms. The molecule has 0 aliphatic heterocycles. The first-order valence-corrected chi connectivity index (χ1v) is 9.31. The summed E-state index contributed by atoms with van der Waals surface area (Å²) >= 11 is 3.37. The largest absolute Gasteiger partial charge is 0.317 e. The highest BCUT2D eigenvalue weighted by molar-refractivity contribution is 9.10. The number of benzene rings is 1. The van der Waals surface area contributed by atoms with Crippen molar-refractivity contribution in [2.45, 2.75) is 26.7 Å². The second-order valence-corrected chi connectivity index (χ2v) is 7.68. The van der Waals surface area contributed by atoms with Crippen LogP contribution < -0.4 is 10.0 Å². The van der Waals surface area contributed by atoms with Gasteiger partial charge >= 0.3 is 10.2 Å². The molecule has 0 unspecified atom stereocenters. The highest BCUT2D eigenvalue weighted by atomic mass is 79.9. The molecule has 0 aliphatic rings. The summed E-state index contributed by atoms with van der Waals surface area (Å²) in [6.45, 7) is 6.25. The van der Waals surface area contributed by atoms with Gasteiger partial charge in [-0.3, -0.25) is 4.72 Å². The SMILES string of the molecule is CCCNCCCN(C)S(=O)(=O)Nc1ccc(Br)cc1C. The second-order valence-electron chi connectivity index (χ2n) is 4.99. The van der Waals surface area contributed by atoms with Crippen molar-refractivity contribution in [2.75, 3.05) is 31.4 Å². The molecule has 2 N–H and O–H groups in total. The summed E-state index contributed by atoms with van der Waals surface area (Å²) in [6, 6.07) is 5.46. The van der Waals surface area contributed by atoms with Crippen molar-refractivity contribution in [2.24, 2.45) is 0 Å². The highest BCUT2D eigenvalue weighted by Crippen LogP contribution is 2.21. The first-order valence-electron chi connectivity index (χ1n) is 7.07. The topological polar surface area (TPSA) is 61.4 Å². The standard InChI is InChI=1S/C14H24BrN3O2S/c1-4-8-16-9-5-10-18(3)21(19,20)17-14-7-6-13(15)11-12(14)2/h6-7,11,16-17H,4-5,8-10H2,1-3H3. The summed E-state index contributed by atoms with van der Waals surface area (Å²) in [5, 5.41) is 3.26. The van der Waals surface area contributed by atoms with Gasteiger partial charge in [-0.15, -0.1) is 0 Å². The number of hydrogen-bond donors (Lipinski definition) is 2. The summed E-state index contributed by atoms with van der Waals surface area (Å²) in [5.41, 5.74) is 1.49. The van der Waals surface area contributed by atoms with Crippen LogP contribution in [0.5, 0.6) is 0 Å². The van der Waals surface area contributed by atoms with Crippen molar-refractivity contribution in [3.8, 4) is 0 Å². The van der Waals surface area contributed by atoms with E-state index in [-0.39, 0.29) is 0 Å². The summed E-state index contributed by atoms with van der Waals surface area (Å²) < 4.78 is 29.4. The third-order valence-electron chi connectivity index (χ3n) is 3.09. The number of aryl methyl sites for hydroxylation is 1. The summed E-state index contributed by atoms with van der Waals surface area (Å²) in [6.07, 6.45) is 1.87. The summed E-state index contributed by atoms with van der Waals surface area (Å²) in [7, 11) is -1.91. The van der Waals surface area contributed by atoms with E-state index in [0.717, 1.165) is 36.0 Å². The third kappa shape index (κ3) is 6.34. The Morgan fingerprint density at radius 2 is 2.00 bits per heavy atom. The van der Waals surface area contributed by atoms with Crippen molar-refractivity contribution in [1.82, 2.24) is 9.62 Å². The van der Waals surface area contributed by atoms with Crippen LogP contribution in [0.3, 0.4) is 0 Å².